The first-order valence-electron chi connectivity index (χ1n) is 8.67. The molecule has 1 aliphatic heterocycles. The third kappa shape index (κ3) is 11.4. The summed E-state index contributed by atoms with van der Waals surface area (Å²) in [4.78, 5) is 23.8. The van der Waals surface area contributed by atoms with Crippen molar-refractivity contribution in [2.75, 3.05) is 20.1 Å². The molecule has 0 spiro atoms. The molecule has 0 aromatic heterocycles. The molecule has 1 aliphatic rings. The van der Waals surface area contributed by atoms with Gasteiger partial charge in [0.2, 0.25) is 0 Å². The zero-order valence-corrected chi connectivity index (χ0v) is 15.7. The fraction of sp³-hybridized carbons (Fsp3) is 0.579. The molecule has 132 valence electrons. The molecule has 0 saturated carbocycles. The summed E-state index contributed by atoms with van der Waals surface area (Å²) in [6.07, 6.45) is 3.20. The van der Waals surface area contributed by atoms with Gasteiger partial charge in [-0.2, -0.15) is 0 Å². The molecule has 1 fully saturated rings. The number of carbonyl (C=O) groups excluding carboxylic acids is 2. The molecule has 1 N–H and O–H groups in total. The average Bonchev–Trinajstić information content (AvgIpc) is 2.65. The van der Waals surface area contributed by atoms with Crippen LogP contribution in [0.5, 0.6) is 0 Å². The van der Waals surface area contributed by atoms with Gasteiger partial charge < -0.3 is 10.2 Å². The van der Waals surface area contributed by atoms with Gasteiger partial charge in [-0.3, -0.25) is 9.59 Å². The third-order valence-corrected chi connectivity index (χ3v) is 3.01. The minimum absolute atomic E-state index is 0.391. The van der Waals surface area contributed by atoms with Crippen LogP contribution in [0.1, 0.15) is 52.5 Å². The number of likely N-dealkylation sites (N-methyl/N-ethyl adjacent to an activating group) is 1. The maximum absolute atomic E-state index is 11.2. The van der Waals surface area contributed by atoms with Crippen LogP contribution in [0.3, 0.4) is 0 Å². The van der Waals surface area contributed by atoms with Crippen LogP contribution in [0, 0.1) is 6.92 Å². The molecule has 2 rings (SSSR count). The number of amides is 2. The number of likely N-dealkylation sites (tertiary alicyclic amines) is 1. The smallest absolute Gasteiger partial charge is 0.311 e. The first-order valence-corrected chi connectivity index (χ1v) is 8.67. The van der Waals surface area contributed by atoms with Gasteiger partial charge in [-0.15, -0.1) is 0 Å². The summed E-state index contributed by atoms with van der Waals surface area (Å²) in [6.45, 7) is 11.5. The molecule has 0 radical (unpaired) electrons. The zero-order chi connectivity index (χ0) is 18.1. The first-order chi connectivity index (χ1) is 11.1. The number of hydrogen-bond donors (Lipinski definition) is 1. The van der Waals surface area contributed by atoms with Crippen molar-refractivity contribution in [3.8, 4) is 0 Å². The number of rotatable bonds is 0. The maximum atomic E-state index is 11.2. The molecule has 4 nitrogen and oxygen atoms in total. The van der Waals surface area contributed by atoms with E-state index in [-0.39, 0.29) is 0 Å². The summed E-state index contributed by atoms with van der Waals surface area (Å²) in [6, 6.07) is 10.3. The lowest BCUT2D eigenvalue weighted by Gasteiger charge is -2.25. The highest BCUT2D eigenvalue weighted by atomic mass is 16.2. The SMILES string of the molecule is CC.CC.CNC(=O)C(=O)N1CCCCC1.Cc1ccccc1. The van der Waals surface area contributed by atoms with E-state index in [2.05, 4.69) is 24.4 Å². The Hall–Kier alpha value is -1.84. The number of aryl methyl sites for hydroxylation is 1. The van der Waals surface area contributed by atoms with Gasteiger partial charge in [-0.25, -0.2) is 0 Å². The highest BCUT2D eigenvalue weighted by molar-refractivity contribution is 6.34. The topological polar surface area (TPSA) is 49.4 Å². The predicted molar refractivity (Wildman–Crippen MR) is 98.4 cm³/mol. The van der Waals surface area contributed by atoms with E-state index in [0.29, 0.717) is 0 Å². The van der Waals surface area contributed by atoms with Gasteiger partial charge in [0.05, 0.1) is 0 Å². The van der Waals surface area contributed by atoms with E-state index >= 15 is 0 Å². The number of piperidine rings is 1. The Morgan fingerprint density at radius 3 is 1.74 bits per heavy atom. The highest BCUT2D eigenvalue weighted by Crippen LogP contribution is 2.08. The summed E-state index contributed by atoms with van der Waals surface area (Å²) in [7, 11) is 1.48. The largest absolute Gasteiger partial charge is 0.351 e. The Balaban J connectivity index is 0. The zero-order valence-electron chi connectivity index (χ0n) is 15.7. The van der Waals surface area contributed by atoms with E-state index in [0.717, 1.165) is 32.4 Å². The molecule has 2 amide bonds. The molecule has 1 aromatic carbocycles. The minimum Gasteiger partial charge on any atom is -0.351 e. The third-order valence-electron chi connectivity index (χ3n) is 3.01. The molecule has 0 unspecified atom stereocenters. The van der Waals surface area contributed by atoms with Gasteiger partial charge in [0.1, 0.15) is 0 Å². The summed E-state index contributed by atoms with van der Waals surface area (Å²) >= 11 is 0. The van der Waals surface area contributed by atoms with Crippen LogP contribution in [0.15, 0.2) is 30.3 Å². The van der Waals surface area contributed by atoms with Gasteiger partial charge in [-0.05, 0) is 26.2 Å². The molecule has 1 heterocycles. The number of hydrogen-bond acceptors (Lipinski definition) is 2. The van der Waals surface area contributed by atoms with E-state index in [9.17, 15) is 9.59 Å². The first kappa shape index (κ1) is 23.4. The lowest BCUT2D eigenvalue weighted by atomic mass is 10.1. The number of benzene rings is 1. The predicted octanol–water partition coefficient (Wildman–Crippen LogP) is 3.79. The van der Waals surface area contributed by atoms with E-state index < -0.39 is 11.8 Å². The molecular formula is C19H34N2O2. The van der Waals surface area contributed by atoms with Crippen molar-refractivity contribution in [2.45, 2.75) is 53.9 Å². The second kappa shape index (κ2) is 16.5. The molecule has 4 heteroatoms. The Morgan fingerprint density at radius 1 is 0.913 bits per heavy atom. The van der Waals surface area contributed by atoms with Crippen LogP contribution < -0.4 is 5.32 Å². The number of nitrogens with one attached hydrogen (secondary N) is 1. The van der Waals surface area contributed by atoms with Crippen molar-refractivity contribution < 1.29 is 9.59 Å². The fourth-order valence-corrected chi connectivity index (χ4v) is 1.88. The minimum atomic E-state index is -0.503. The molecule has 23 heavy (non-hydrogen) atoms. The Kier molecular flexibility index (Phi) is 16.8. The van der Waals surface area contributed by atoms with Crippen molar-refractivity contribution in [1.29, 1.82) is 0 Å². The summed E-state index contributed by atoms with van der Waals surface area (Å²) in [5.41, 5.74) is 1.32. The lowest BCUT2D eigenvalue weighted by molar-refractivity contribution is -0.146. The van der Waals surface area contributed by atoms with Gasteiger partial charge in [0, 0.05) is 20.1 Å². The average molecular weight is 322 g/mol. The van der Waals surface area contributed by atoms with Crippen molar-refractivity contribution in [3.63, 3.8) is 0 Å². The number of carbonyl (C=O) groups is 2. The summed E-state index contributed by atoms with van der Waals surface area (Å²) < 4.78 is 0. The van der Waals surface area contributed by atoms with Crippen molar-refractivity contribution in [2.24, 2.45) is 0 Å². The van der Waals surface area contributed by atoms with Crippen molar-refractivity contribution >= 4 is 11.8 Å². The van der Waals surface area contributed by atoms with E-state index in [4.69, 9.17) is 0 Å². The van der Waals surface area contributed by atoms with Gasteiger partial charge in [0.15, 0.2) is 0 Å². The van der Waals surface area contributed by atoms with E-state index in [1.807, 2.05) is 45.9 Å². The molecule has 0 atom stereocenters. The second-order valence-corrected chi connectivity index (χ2v) is 4.59. The summed E-state index contributed by atoms with van der Waals surface area (Å²) in [5, 5.41) is 2.33. The monoisotopic (exact) mass is 322 g/mol. The maximum Gasteiger partial charge on any atom is 0.311 e. The van der Waals surface area contributed by atoms with Crippen LogP contribution in [-0.2, 0) is 9.59 Å². The van der Waals surface area contributed by atoms with Crippen molar-refractivity contribution in [3.05, 3.63) is 35.9 Å². The molecule has 1 aromatic rings. The molecule has 0 bridgehead atoms. The second-order valence-electron chi connectivity index (χ2n) is 4.59. The van der Waals surface area contributed by atoms with Crippen LogP contribution in [0.4, 0.5) is 0 Å². The van der Waals surface area contributed by atoms with E-state index in [1.165, 1.54) is 12.6 Å². The van der Waals surface area contributed by atoms with Crippen LogP contribution in [0.2, 0.25) is 0 Å². The van der Waals surface area contributed by atoms with Gasteiger partial charge in [-0.1, -0.05) is 63.6 Å². The number of nitrogens with zero attached hydrogens (tertiary/aromatic N) is 1. The molecular weight excluding hydrogens is 288 g/mol. The fourth-order valence-electron chi connectivity index (χ4n) is 1.88. The Bertz CT molecular complexity index is 399. The lowest BCUT2D eigenvalue weighted by Crippen LogP contribution is -2.44. The van der Waals surface area contributed by atoms with Crippen LogP contribution in [0.25, 0.3) is 0 Å². The molecule has 1 saturated heterocycles. The van der Waals surface area contributed by atoms with Crippen molar-refractivity contribution in [1.82, 2.24) is 10.2 Å². The van der Waals surface area contributed by atoms with Gasteiger partial charge in [0.25, 0.3) is 0 Å². The molecule has 0 aliphatic carbocycles. The Morgan fingerprint density at radius 2 is 1.39 bits per heavy atom. The normalized spacial score (nSPS) is 12.2. The Labute approximate surface area is 142 Å². The summed E-state index contributed by atoms with van der Waals surface area (Å²) in [5.74, 6) is -0.894. The van der Waals surface area contributed by atoms with E-state index in [1.54, 1.807) is 4.90 Å². The van der Waals surface area contributed by atoms with Gasteiger partial charge >= 0.3 is 11.8 Å². The standard InChI is InChI=1S/C8H14N2O2.C7H8.2C2H6/c1-9-7(11)8(12)10-5-3-2-4-6-10;1-7-5-3-2-4-6-7;2*1-2/h2-6H2,1H3,(H,9,11);2-6H,1H3;2*1-2H3. The van der Waals surface area contributed by atoms with Crippen LogP contribution in [-0.4, -0.2) is 36.9 Å². The van der Waals surface area contributed by atoms with Crippen LogP contribution >= 0.6 is 0 Å². The highest BCUT2D eigenvalue weighted by Gasteiger charge is 2.21. The quantitative estimate of drug-likeness (QED) is 0.739.